The van der Waals surface area contributed by atoms with Crippen LogP contribution in [0.4, 0.5) is 0 Å². The van der Waals surface area contributed by atoms with E-state index in [0.29, 0.717) is 0 Å². The number of hydrogen-bond donors (Lipinski definition) is 0. The first-order valence-electron chi connectivity index (χ1n) is 16.8. The minimum absolute atomic E-state index is 1.06. The van der Waals surface area contributed by atoms with Crippen LogP contribution >= 0.6 is 0 Å². The molecule has 0 saturated carbocycles. The summed E-state index contributed by atoms with van der Waals surface area (Å²) in [5.41, 5.74) is 12.3. The molecule has 2 aromatic heterocycles. The number of fused-ring (bicyclic) bond motifs is 8. The van der Waals surface area contributed by atoms with E-state index in [1.165, 1.54) is 88.0 Å². The number of allylic oxidation sites excluding steroid dienone is 4. The molecule has 0 N–H and O–H groups in total. The van der Waals surface area contributed by atoms with Crippen LogP contribution in [-0.2, 0) is 0 Å². The van der Waals surface area contributed by atoms with Crippen LogP contribution in [0.1, 0.15) is 12.8 Å². The van der Waals surface area contributed by atoms with Crippen LogP contribution in [0.15, 0.2) is 170 Å². The Balaban J connectivity index is 1.26. The molecule has 48 heavy (non-hydrogen) atoms. The Hall–Kier alpha value is -6.12. The van der Waals surface area contributed by atoms with Gasteiger partial charge in [0.25, 0.3) is 0 Å². The molecular weight excluding hydrogens is 581 g/mol. The van der Waals surface area contributed by atoms with Gasteiger partial charge in [0, 0.05) is 32.9 Å². The van der Waals surface area contributed by atoms with Gasteiger partial charge in [-0.2, -0.15) is 0 Å². The predicted octanol–water partition coefficient (Wildman–Crippen LogP) is 12.6. The molecule has 1 aliphatic carbocycles. The Labute approximate surface area is 279 Å². The summed E-state index contributed by atoms with van der Waals surface area (Å²) in [5, 5.41) is 7.65. The first kappa shape index (κ1) is 27.0. The zero-order chi connectivity index (χ0) is 31.6. The molecule has 0 aliphatic heterocycles. The lowest BCUT2D eigenvalue weighted by Gasteiger charge is -2.13. The Morgan fingerprint density at radius 1 is 0.396 bits per heavy atom. The molecule has 10 rings (SSSR count). The van der Waals surface area contributed by atoms with Crippen LogP contribution in [0.3, 0.4) is 0 Å². The molecule has 0 fully saturated rings. The lowest BCUT2D eigenvalue weighted by atomic mass is 10.0. The highest BCUT2D eigenvalue weighted by molar-refractivity contribution is 6.29. The van der Waals surface area contributed by atoms with Crippen molar-refractivity contribution in [3.8, 4) is 27.9 Å². The Bertz CT molecular complexity index is 2760. The van der Waals surface area contributed by atoms with Gasteiger partial charge in [-0.3, -0.25) is 0 Å². The summed E-state index contributed by atoms with van der Waals surface area (Å²) in [6.07, 6.45) is 9.13. The predicted molar refractivity (Wildman–Crippen MR) is 205 cm³/mol. The molecule has 2 nitrogen and oxygen atoms in total. The lowest BCUT2D eigenvalue weighted by Crippen LogP contribution is -1.97. The van der Waals surface area contributed by atoms with Gasteiger partial charge in [-0.1, -0.05) is 115 Å². The van der Waals surface area contributed by atoms with Crippen LogP contribution in [0.25, 0.3) is 88.0 Å². The summed E-state index contributed by atoms with van der Waals surface area (Å²) < 4.78 is 4.93. The molecule has 0 atom stereocenters. The minimum Gasteiger partial charge on any atom is -0.310 e. The highest BCUT2D eigenvalue weighted by atomic mass is 15.0. The van der Waals surface area contributed by atoms with E-state index < -0.39 is 0 Å². The normalized spacial score (nSPS) is 13.3. The lowest BCUT2D eigenvalue weighted by molar-refractivity contribution is 1.02. The maximum Gasteiger partial charge on any atom is 0.0548 e. The highest BCUT2D eigenvalue weighted by Gasteiger charge is 2.21. The third-order valence-electron chi connectivity index (χ3n) is 10.1. The molecule has 0 bridgehead atoms. The van der Waals surface area contributed by atoms with Crippen molar-refractivity contribution in [1.82, 2.24) is 9.13 Å². The first-order valence-corrected chi connectivity index (χ1v) is 16.8. The fraction of sp³-hybridized carbons (Fsp3) is 0.0435. The van der Waals surface area contributed by atoms with Crippen molar-refractivity contribution in [2.75, 3.05) is 0 Å². The van der Waals surface area contributed by atoms with E-state index in [1.807, 2.05) is 0 Å². The summed E-state index contributed by atoms with van der Waals surface area (Å²) in [5.74, 6) is 0. The topological polar surface area (TPSA) is 9.86 Å². The molecule has 2 heteroatoms. The quantitative estimate of drug-likeness (QED) is 0.187. The molecule has 1 aliphatic rings. The van der Waals surface area contributed by atoms with Gasteiger partial charge >= 0.3 is 0 Å². The average Bonchev–Trinajstić information content (AvgIpc) is 3.68. The maximum atomic E-state index is 2.47. The van der Waals surface area contributed by atoms with Gasteiger partial charge in [-0.05, 0) is 100 Å². The van der Waals surface area contributed by atoms with E-state index in [1.54, 1.807) is 0 Å². The van der Waals surface area contributed by atoms with Gasteiger partial charge in [0.15, 0.2) is 0 Å². The monoisotopic (exact) mass is 612 g/mol. The molecule has 0 spiro atoms. The number of rotatable bonds is 4. The smallest absolute Gasteiger partial charge is 0.0548 e. The van der Waals surface area contributed by atoms with Crippen molar-refractivity contribution in [2.24, 2.45) is 0 Å². The van der Waals surface area contributed by atoms with Crippen molar-refractivity contribution in [3.63, 3.8) is 0 Å². The van der Waals surface area contributed by atoms with E-state index in [9.17, 15) is 0 Å². The number of para-hydroxylation sites is 1. The number of nitrogens with zero attached hydrogens (tertiary/aromatic N) is 2. The van der Waals surface area contributed by atoms with Gasteiger partial charge < -0.3 is 9.13 Å². The Morgan fingerprint density at radius 2 is 1.00 bits per heavy atom. The van der Waals surface area contributed by atoms with Crippen LogP contribution in [-0.4, -0.2) is 9.13 Å². The second kappa shape index (κ2) is 10.7. The van der Waals surface area contributed by atoms with Gasteiger partial charge in [0.2, 0.25) is 0 Å². The number of aromatic nitrogens is 2. The molecule has 0 amide bonds. The second-order valence-electron chi connectivity index (χ2n) is 12.9. The molecule has 0 radical (unpaired) electrons. The summed E-state index contributed by atoms with van der Waals surface area (Å²) >= 11 is 0. The van der Waals surface area contributed by atoms with E-state index in [0.717, 1.165) is 12.8 Å². The highest BCUT2D eigenvalue weighted by Crippen LogP contribution is 2.44. The fourth-order valence-electron chi connectivity index (χ4n) is 7.88. The minimum atomic E-state index is 1.06. The van der Waals surface area contributed by atoms with Crippen LogP contribution in [0.2, 0.25) is 0 Å². The molecule has 2 heterocycles. The van der Waals surface area contributed by atoms with Crippen molar-refractivity contribution < 1.29 is 0 Å². The second-order valence-corrected chi connectivity index (χ2v) is 12.9. The summed E-state index contributed by atoms with van der Waals surface area (Å²) in [4.78, 5) is 0. The maximum absolute atomic E-state index is 2.47. The SMILES string of the molecule is C1=CC(n2c3ccc(-c4ccccc4)cc3c3c4c5ccccc5n(-c5ccc6cc(-c7ccccc7)ccc6c5)c4ccc32)=CCC1. The van der Waals surface area contributed by atoms with Crippen molar-refractivity contribution in [1.29, 1.82) is 0 Å². The van der Waals surface area contributed by atoms with Crippen molar-refractivity contribution in [3.05, 3.63) is 170 Å². The zero-order valence-electron chi connectivity index (χ0n) is 26.5. The number of hydrogen-bond acceptors (Lipinski definition) is 0. The van der Waals surface area contributed by atoms with Gasteiger partial charge in [0.05, 0.1) is 22.1 Å². The molecule has 0 saturated heterocycles. The fourth-order valence-corrected chi connectivity index (χ4v) is 7.88. The molecule has 226 valence electrons. The first-order chi connectivity index (χ1) is 23.8. The van der Waals surface area contributed by atoms with E-state index in [2.05, 4.69) is 179 Å². The summed E-state index contributed by atoms with van der Waals surface area (Å²) in [6.45, 7) is 0. The van der Waals surface area contributed by atoms with Gasteiger partial charge in [-0.15, -0.1) is 0 Å². The number of benzene rings is 7. The standard InChI is InChI=1S/C46H32N2/c1-4-12-31(13-5-1)33-20-21-35-29-38(24-22-34(35)28-33)48-41-19-11-10-18-39(41)45-43(48)26-27-44-46(45)40-30-36(32-14-6-2-7-15-32)23-25-42(40)47(44)37-16-8-3-9-17-37/h1-2,4-8,10-30H,3,9H2. The van der Waals surface area contributed by atoms with Gasteiger partial charge in [-0.25, -0.2) is 0 Å². The van der Waals surface area contributed by atoms with Crippen LogP contribution in [0, 0.1) is 0 Å². The summed E-state index contributed by atoms with van der Waals surface area (Å²) in [6, 6.07) is 55.6. The molecular formula is C46H32N2. The van der Waals surface area contributed by atoms with Crippen molar-refractivity contribution in [2.45, 2.75) is 12.8 Å². The Kier molecular flexibility index (Phi) is 6.04. The third-order valence-corrected chi connectivity index (χ3v) is 10.1. The van der Waals surface area contributed by atoms with Gasteiger partial charge in [0.1, 0.15) is 0 Å². The average molecular weight is 613 g/mol. The van der Waals surface area contributed by atoms with E-state index in [4.69, 9.17) is 0 Å². The van der Waals surface area contributed by atoms with E-state index >= 15 is 0 Å². The Morgan fingerprint density at radius 3 is 1.77 bits per heavy atom. The third kappa shape index (κ3) is 4.13. The largest absolute Gasteiger partial charge is 0.310 e. The van der Waals surface area contributed by atoms with Crippen molar-refractivity contribution >= 4 is 60.1 Å². The van der Waals surface area contributed by atoms with E-state index in [-0.39, 0.29) is 0 Å². The molecule has 0 unspecified atom stereocenters. The zero-order valence-corrected chi connectivity index (χ0v) is 26.5. The van der Waals surface area contributed by atoms with Crippen LogP contribution in [0.5, 0.6) is 0 Å². The van der Waals surface area contributed by atoms with Crippen LogP contribution < -0.4 is 0 Å². The molecule has 7 aromatic carbocycles. The summed E-state index contributed by atoms with van der Waals surface area (Å²) in [7, 11) is 0. The molecule has 9 aromatic rings.